The first-order valence-corrected chi connectivity index (χ1v) is 5.83. The standard InChI is InChI=1S/C12H16BrNO/c1-8(7-14)5-12(15)11-6-10(13)4-3-9(11)2/h3-4,6,8H,5,7,14H2,1-2H3. The van der Waals surface area contributed by atoms with Gasteiger partial charge < -0.3 is 5.73 Å². The van der Waals surface area contributed by atoms with E-state index >= 15 is 0 Å². The number of hydrogen-bond acceptors (Lipinski definition) is 2. The molecule has 0 aliphatic heterocycles. The molecule has 1 rings (SSSR count). The van der Waals surface area contributed by atoms with Crippen molar-refractivity contribution in [3.63, 3.8) is 0 Å². The zero-order chi connectivity index (χ0) is 11.4. The number of hydrogen-bond donors (Lipinski definition) is 1. The van der Waals surface area contributed by atoms with Gasteiger partial charge in [0, 0.05) is 16.5 Å². The van der Waals surface area contributed by atoms with Crippen LogP contribution < -0.4 is 5.73 Å². The predicted octanol–water partition coefficient (Wildman–Crippen LogP) is 2.93. The van der Waals surface area contributed by atoms with Gasteiger partial charge in [-0.25, -0.2) is 0 Å². The lowest BCUT2D eigenvalue weighted by atomic mass is 9.97. The second-order valence-corrected chi connectivity index (χ2v) is 4.84. The molecule has 0 heterocycles. The highest BCUT2D eigenvalue weighted by Crippen LogP contribution is 2.18. The summed E-state index contributed by atoms with van der Waals surface area (Å²) in [6.45, 7) is 4.50. The molecule has 2 nitrogen and oxygen atoms in total. The lowest BCUT2D eigenvalue weighted by Crippen LogP contribution is -2.15. The minimum absolute atomic E-state index is 0.173. The van der Waals surface area contributed by atoms with Crippen LogP contribution in [0.3, 0.4) is 0 Å². The average Bonchev–Trinajstić information content (AvgIpc) is 2.21. The van der Waals surface area contributed by atoms with Crippen LogP contribution in [0, 0.1) is 12.8 Å². The van der Waals surface area contributed by atoms with Gasteiger partial charge >= 0.3 is 0 Å². The van der Waals surface area contributed by atoms with Gasteiger partial charge in [-0.05, 0) is 37.1 Å². The Bertz CT molecular complexity index is 363. The highest BCUT2D eigenvalue weighted by atomic mass is 79.9. The molecule has 1 atom stereocenters. The van der Waals surface area contributed by atoms with Gasteiger partial charge in [0.15, 0.2) is 5.78 Å². The number of carbonyl (C=O) groups is 1. The number of halogens is 1. The minimum Gasteiger partial charge on any atom is -0.330 e. The summed E-state index contributed by atoms with van der Waals surface area (Å²) in [5.74, 6) is 0.419. The van der Waals surface area contributed by atoms with Gasteiger partial charge in [0.05, 0.1) is 0 Å². The maximum absolute atomic E-state index is 11.9. The molecule has 15 heavy (non-hydrogen) atoms. The largest absolute Gasteiger partial charge is 0.330 e. The van der Waals surface area contributed by atoms with Gasteiger partial charge in [0.1, 0.15) is 0 Å². The van der Waals surface area contributed by atoms with Crippen LogP contribution in [0.1, 0.15) is 29.3 Å². The molecule has 1 aromatic carbocycles. The Kier molecular flexibility index (Phi) is 4.48. The van der Waals surface area contributed by atoms with Gasteiger partial charge in [-0.2, -0.15) is 0 Å². The lowest BCUT2D eigenvalue weighted by Gasteiger charge is -2.09. The molecule has 0 aliphatic rings. The minimum atomic E-state index is 0.173. The van der Waals surface area contributed by atoms with Crippen molar-refractivity contribution < 1.29 is 4.79 Å². The quantitative estimate of drug-likeness (QED) is 0.855. The first kappa shape index (κ1) is 12.4. The van der Waals surface area contributed by atoms with Gasteiger partial charge in [0.25, 0.3) is 0 Å². The van der Waals surface area contributed by atoms with Crippen molar-refractivity contribution >= 4 is 21.7 Å². The Morgan fingerprint density at radius 2 is 2.20 bits per heavy atom. The van der Waals surface area contributed by atoms with E-state index in [9.17, 15) is 4.79 Å². The van der Waals surface area contributed by atoms with Gasteiger partial charge in [-0.1, -0.05) is 28.9 Å². The van der Waals surface area contributed by atoms with Crippen LogP contribution in [0.25, 0.3) is 0 Å². The number of carbonyl (C=O) groups excluding carboxylic acids is 1. The molecular weight excluding hydrogens is 254 g/mol. The average molecular weight is 270 g/mol. The molecule has 0 saturated carbocycles. The predicted molar refractivity (Wildman–Crippen MR) is 66.0 cm³/mol. The summed E-state index contributed by atoms with van der Waals surface area (Å²) in [6, 6.07) is 5.77. The highest BCUT2D eigenvalue weighted by molar-refractivity contribution is 9.10. The number of nitrogens with two attached hydrogens (primary N) is 1. The molecule has 2 N–H and O–H groups in total. The van der Waals surface area contributed by atoms with Crippen molar-refractivity contribution in [2.45, 2.75) is 20.3 Å². The Morgan fingerprint density at radius 3 is 2.80 bits per heavy atom. The molecule has 0 fully saturated rings. The molecule has 0 amide bonds. The van der Waals surface area contributed by atoms with Crippen LogP contribution in [0.2, 0.25) is 0 Å². The molecule has 82 valence electrons. The molecule has 0 spiro atoms. The van der Waals surface area contributed by atoms with Crippen LogP contribution in [-0.4, -0.2) is 12.3 Å². The van der Waals surface area contributed by atoms with E-state index in [1.807, 2.05) is 32.0 Å². The highest BCUT2D eigenvalue weighted by Gasteiger charge is 2.12. The summed E-state index contributed by atoms with van der Waals surface area (Å²) in [6.07, 6.45) is 0.522. The number of Topliss-reactive ketones (excluding diaryl/α,β-unsaturated/α-hetero) is 1. The zero-order valence-electron chi connectivity index (χ0n) is 9.09. The fraction of sp³-hybridized carbons (Fsp3) is 0.417. The van der Waals surface area contributed by atoms with E-state index in [-0.39, 0.29) is 11.7 Å². The number of aryl methyl sites for hydroxylation is 1. The number of ketones is 1. The van der Waals surface area contributed by atoms with Crippen molar-refractivity contribution in [1.82, 2.24) is 0 Å². The summed E-state index contributed by atoms with van der Waals surface area (Å²) in [5, 5.41) is 0. The monoisotopic (exact) mass is 269 g/mol. The maximum Gasteiger partial charge on any atom is 0.163 e. The Morgan fingerprint density at radius 1 is 1.53 bits per heavy atom. The second-order valence-electron chi connectivity index (χ2n) is 3.93. The van der Waals surface area contributed by atoms with Gasteiger partial charge in [-0.3, -0.25) is 4.79 Å². The number of benzene rings is 1. The molecule has 0 aliphatic carbocycles. The molecule has 1 unspecified atom stereocenters. The molecule has 0 aromatic heterocycles. The van der Waals surface area contributed by atoms with Gasteiger partial charge in [0.2, 0.25) is 0 Å². The van der Waals surface area contributed by atoms with Crippen molar-refractivity contribution in [3.05, 3.63) is 33.8 Å². The Balaban J connectivity index is 2.86. The summed E-state index contributed by atoms with van der Waals surface area (Å²) in [5.41, 5.74) is 7.32. The summed E-state index contributed by atoms with van der Waals surface area (Å²) in [7, 11) is 0. The molecule has 3 heteroatoms. The van der Waals surface area contributed by atoms with Crippen LogP contribution in [0.15, 0.2) is 22.7 Å². The first-order chi connectivity index (χ1) is 7.04. The van der Waals surface area contributed by atoms with Crippen LogP contribution in [0.4, 0.5) is 0 Å². The van der Waals surface area contributed by atoms with E-state index in [0.717, 1.165) is 15.6 Å². The van der Waals surface area contributed by atoms with E-state index in [2.05, 4.69) is 15.9 Å². The van der Waals surface area contributed by atoms with Crippen LogP contribution in [0.5, 0.6) is 0 Å². The fourth-order valence-electron chi connectivity index (χ4n) is 1.40. The third kappa shape index (κ3) is 3.43. The van der Waals surface area contributed by atoms with E-state index in [4.69, 9.17) is 5.73 Å². The number of rotatable bonds is 4. The normalized spacial score (nSPS) is 12.5. The fourth-order valence-corrected chi connectivity index (χ4v) is 1.77. The van der Waals surface area contributed by atoms with Crippen LogP contribution >= 0.6 is 15.9 Å². The Hall–Kier alpha value is -0.670. The van der Waals surface area contributed by atoms with E-state index in [1.165, 1.54) is 0 Å². The zero-order valence-corrected chi connectivity index (χ0v) is 10.7. The first-order valence-electron chi connectivity index (χ1n) is 5.04. The summed E-state index contributed by atoms with van der Waals surface area (Å²) in [4.78, 5) is 11.9. The van der Waals surface area contributed by atoms with Crippen molar-refractivity contribution in [1.29, 1.82) is 0 Å². The Labute approximate surface area is 99.0 Å². The molecule has 1 aromatic rings. The van der Waals surface area contributed by atoms with Crippen molar-refractivity contribution in [2.75, 3.05) is 6.54 Å². The van der Waals surface area contributed by atoms with Crippen molar-refractivity contribution in [2.24, 2.45) is 11.7 Å². The third-order valence-corrected chi connectivity index (χ3v) is 2.93. The lowest BCUT2D eigenvalue weighted by molar-refractivity contribution is 0.0965. The molecular formula is C12H16BrNO. The van der Waals surface area contributed by atoms with E-state index in [0.29, 0.717) is 13.0 Å². The van der Waals surface area contributed by atoms with E-state index < -0.39 is 0 Å². The summed E-state index contributed by atoms with van der Waals surface area (Å²) >= 11 is 3.37. The SMILES string of the molecule is Cc1ccc(Br)cc1C(=O)CC(C)CN. The van der Waals surface area contributed by atoms with E-state index in [1.54, 1.807) is 0 Å². The molecule has 0 saturated heterocycles. The smallest absolute Gasteiger partial charge is 0.163 e. The molecule has 0 radical (unpaired) electrons. The van der Waals surface area contributed by atoms with Crippen LogP contribution in [-0.2, 0) is 0 Å². The topological polar surface area (TPSA) is 43.1 Å². The second kappa shape index (κ2) is 5.42. The summed E-state index contributed by atoms with van der Waals surface area (Å²) < 4.78 is 0.942. The third-order valence-electron chi connectivity index (χ3n) is 2.44. The van der Waals surface area contributed by atoms with Gasteiger partial charge in [-0.15, -0.1) is 0 Å². The molecule has 0 bridgehead atoms. The maximum atomic E-state index is 11.9. The van der Waals surface area contributed by atoms with Crippen molar-refractivity contribution in [3.8, 4) is 0 Å².